The SMILES string of the molecule is CCC(C)CCC(CC)(CC)CC. The molecule has 1 unspecified atom stereocenters. The molecule has 0 aromatic rings. The predicted octanol–water partition coefficient (Wildman–Crippen LogP) is 5.03. The van der Waals surface area contributed by atoms with E-state index in [-0.39, 0.29) is 0 Å². The molecule has 0 saturated heterocycles. The zero-order chi connectivity index (χ0) is 10.3. The topological polar surface area (TPSA) is 0 Å². The molecule has 0 heteroatoms. The third kappa shape index (κ3) is 4.15. The highest BCUT2D eigenvalue weighted by atomic mass is 14.3. The lowest BCUT2D eigenvalue weighted by atomic mass is 9.74. The van der Waals surface area contributed by atoms with Gasteiger partial charge in [-0.1, -0.05) is 66.7 Å². The molecule has 0 fully saturated rings. The van der Waals surface area contributed by atoms with Crippen molar-refractivity contribution in [3.8, 4) is 0 Å². The molecule has 0 rings (SSSR count). The van der Waals surface area contributed by atoms with Crippen LogP contribution in [0.1, 0.15) is 73.1 Å². The zero-order valence-electron chi connectivity index (χ0n) is 10.3. The van der Waals surface area contributed by atoms with Crippen LogP contribution >= 0.6 is 0 Å². The van der Waals surface area contributed by atoms with E-state index in [0.717, 1.165) is 5.92 Å². The molecule has 0 heterocycles. The van der Waals surface area contributed by atoms with Gasteiger partial charge in [0.05, 0.1) is 0 Å². The second-order valence-corrected chi connectivity index (χ2v) is 4.61. The monoisotopic (exact) mass is 184 g/mol. The van der Waals surface area contributed by atoms with Crippen LogP contribution in [0.25, 0.3) is 0 Å². The molecule has 0 nitrogen and oxygen atoms in total. The van der Waals surface area contributed by atoms with E-state index >= 15 is 0 Å². The van der Waals surface area contributed by atoms with E-state index in [1.54, 1.807) is 0 Å². The fraction of sp³-hybridized carbons (Fsp3) is 1.00. The van der Waals surface area contributed by atoms with Crippen molar-refractivity contribution < 1.29 is 0 Å². The Labute approximate surface area is 85.1 Å². The van der Waals surface area contributed by atoms with Gasteiger partial charge in [0, 0.05) is 0 Å². The molecule has 0 N–H and O–H groups in total. The average Bonchev–Trinajstić information content (AvgIpc) is 2.20. The Hall–Kier alpha value is 0. The molecular weight excluding hydrogens is 156 g/mol. The normalized spacial score (nSPS) is 14.5. The lowest BCUT2D eigenvalue weighted by Crippen LogP contribution is -2.18. The summed E-state index contributed by atoms with van der Waals surface area (Å²) < 4.78 is 0. The molecule has 0 aromatic heterocycles. The van der Waals surface area contributed by atoms with Crippen molar-refractivity contribution in [1.82, 2.24) is 0 Å². The van der Waals surface area contributed by atoms with Crippen LogP contribution in [-0.4, -0.2) is 0 Å². The van der Waals surface area contributed by atoms with Gasteiger partial charge in [0.15, 0.2) is 0 Å². The highest BCUT2D eigenvalue weighted by molar-refractivity contribution is 4.75. The third-order valence-corrected chi connectivity index (χ3v) is 4.11. The summed E-state index contributed by atoms with van der Waals surface area (Å²) in [6.45, 7) is 11.7. The second kappa shape index (κ2) is 6.45. The lowest BCUT2D eigenvalue weighted by molar-refractivity contribution is 0.208. The van der Waals surface area contributed by atoms with Crippen molar-refractivity contribution in [2.75, 3.05) is 0 Å². The van der Waals surface area contributed by atoms with Crippen LogP contribution in [0.15, 0.2) is 0 Å². The highest BCUT2D eigenvalue weighted by Gasteiger charge is 2.23. The van der Waals surface area contributed by atoms with E-state index in [2.05, 4.69) is 34.6 Å². The van der Waals surface area contributed by atoms with Crippen molar-refractivity contribution >= 4 is 0 Å². The fourth-order valence-electron chi connectivity index (χ4n) is 2.04. The molecule has 0 aliphatic rings. The largest absolute Gasteiger partial charge is 0.0651 e. The Kier molecular flexibility index (Phi) is 6.45. The van der Waals surface area contributed by atoms with Gasteiger partial charge in [-0.05, 0) is 17.8 Å². The molecule has 80 valence electrons. The fourth-order valence-corrected chi connectivity index (χ4v) is 2.04. The van der Waals surface area contributed by atoms with Gasteiger partial charge in [0.2, 0.25) is 0 Å². The first-order valence-corrected chi connectivity index (χ1v) is 6.14. The Morgan fingerprint density at radius 2 is 1.38 bits per heavy atom. The summed E-state index contributed by atoms with van der Waals surface area (Å²) in [5, 5.41) is 0. The summed E-state index contributed by atoms with van der Waals surface area (Å²) in [5.41, 5.74) is 0.656. The maximum absolute atomic E-state index is 2.38. The second-order valence-electron chi connectivity index (χ2n) is 4.61. The Bertz CT molecular complexity index is 103. The smallest absolute Gasteiger partial charge is 0.0305 e. The van der Waals surface area contributed by atoms with Crippen molar-refractivity contribution in [3.63, 3.8) is 0 Å². The molecule has 0 aliphatic heterocycles. The van der Waals surface area contributed by atoms with E-state index in [1.807, 2.05) is 0 Å². The third-order valence-electron chi connectivity index (χ3n) is 4.11. The molecule has 0 spiro atoms. The van der Waals surface area contributed by atoms with Crippen molar-refractivity contribution in [1.29, 1.82) is 0 Å². The number of hydrogen-bond acceptors (Lipinski definition) is 0. The molecule has 0 amide bonds. The summed E-state index contributed by atoms with van der Waals surface area (Å²) in [7, 11) is 0. The summed E-state index contributed by atoms with van der Waals surface area (Å²) in [4.78, 5) is 0. The Balaban J connectivity index is 3.95. The van der Waals surface area contributed by atoms with E-state index in [1.165, 1.54) is 38.5 Å². The molecule has 0 saturated carbocycles. The van der Waals surface area contributed by atoms with Gasteiger partial charge in [-0.25, -0.2) is 0 Å². The zero-order valence-corrected chi connectivity index (χ0v) is 10.3. The summed E-state index contributed by atoms with van der Waals surface area (Å²) in [6.07, 6.45) is 8.27. The Morgan fingerprint density at radius 1 is 0.923 bits per heavy atom. The first kappa shape index (κ1) is 13.0. The number of hydrogen-bond donors (Lipinski definition) is 0. The summed E-state index contributed by atoms with van der Waals surface area (Å²) in [5.74, 6) is 0.920. The van der Waals surface area contributed by atoms with Crippen LogP contribution in [0.4, 0.5) is 0 Å². The molecule has 0 aromatic carbocycles. The molecule has 1 atom stereocenters. The van der Waals surface area contributed by atoms with Gasteiger partial charge in [0.25, 0.3) is 0 Å². The van der Waals surface area contributed by atoms with E-state index in [9.17, 15) is 0 Å². The van der Waals surface area contributed by atoms with Crippen LogP contribution < -0.4 is 0 Å². The first-order chi connectivity index (χ1) is 6.14. The van der Waals surface area contributed by atoms with Gasteiger partial charge < -0.3 is 0 Å². The van der Waals surface area contributed by atoms with Crippen LogP contribution in [0.5, 0.6) is 0 Å². The van der Waals surface area contributed by atoms with Gasteiger partial charge in [-0.15, -0.1) is 0 Å². The predicted molar refractivity (Wildman–Crippen MR) is 62.0 cm³/mol. The van der Waals surface area contributed by atoms with E-state index < -0.39 is 0 Å². The molecule has 13 heavy (non-hydrogen) atoms. The number of rotatable bonds is 7. The minimum Gasteiger partial charge on any atom is -0.0651 e. The quantitative estimate of drug-likeness (QED) is 0.520. The van der Waals surface area contributed by atoms with Gasteiger partial charge >= 0.3 is 0 Å². The highest BCUT2D eigenvalue weighted by Crippen LogP contribution is 2.36. The minimum absolute atomic E-state index is 0.656. The van der Waals surface area contributed by atoms with Crippen molar-refractivity contribution in [3.05, 3.63) is 0 Å². The van der Waals surface area contributed by atoms with Gasteiger partial charge in [-0.2, -0.15) is 0 Å². The van der Waals surface area contributed by atoms with Crippen LogP contribution in [0, 0.1) is 11.3 Å². The first-order valence-electron chi connectivity index (χ1n) is 6.14. The van der Waals surface area contributed by atoms with Gasteiger partial charge in [0.1, 0.15) is 0 Å². The Morgan fingerprint density at radius 3 is 1.69 bits per heavy atom. The van der Waals surface area contributed by atoms with E-state index in [4.69, 9.17) is 0 Å². The summed E-state index contributed by atoms with van der Waals surface area (Å²) in [6, 6.07) is 0. The molecule has 0 aliphatic carbocycles. The maximum atomic E-state index is 2.38. The molecule has 0 bridgehead atoms. The maximum Gasteiger partial charge on any atom is -0.0305 e. The average molecular weight is 184 g/mol. The van der Waals surface area contributed by atoms with E-state index in [0.29, 0.717) is 5.41 Å². The van der Waals surface area contributed by atoms with Crippen molar-refractivity contribution in [2.45, 2.75) is 73.1 Å². The van der Waals surface area contributed by atoms with Crippen LogP contribution in [0.3, 0.4) is 0 Å². The molecule has 0 radical (unpaired) electrons. The lowest BCUT2D eigenvalue weighted by Gasteiger charge is -2.31. The van der Waals surface area contributed by atoms with Gasteiger partial charge in [-0.3, -0.25) is 0 Å². The van der Waals surface area contributed by atoms with Crippen molar-refractivity contribution in [2.24, 2.45) is 11.3 Å². The van der Waals surface area contributed by atoms with Crippen LogP contribution in [0.2, 0.25) is 0 Å². The molecular formula is C13H28. The summed E-state index contributed by atoms with van der Waals surface area (Å²) >= 11 is 0. The minimum atomic E-state index is 0.656. The standard InChI is InChI=1S/C13H28/c1-6-12(5)10-11-13(7-2,8-3)9-4/h12H,6-11H2,1-5H3. The van der Waals surface area contributed by atoms with Crippen LogP contribution in [-0.2, 0) is 0 Å².